The van der Waals surface area contributed by atoms with E-state index in [1.54, 1.807) is 14.0 Å². The highest BCUT2D eigenvalue weighted by atomic mass is 35.5. The summed E-state index contributed by atoms with van der Waals surface area (Å²) in [5, 5.41) is 0.634. The quantitative estimate of drug-likeness (QED) is 0.491. The number of rotatable bonds is 9. The fourth-order valence-electron chi connectivity index (χ4n) is 5.28. The lowest BCUT2D eigenvalue weighted by molar-refractivity contribution is -0.133. The highest BCUT2D eigenvalue weighted by molar-refractivity contribution is 6.30. The number of methoxy groups -OCH3 is 1. The lowest BCUT2D eigenvalue weighted by atomic mass is 9.94. The Balaban J connectivity index is 1.27. The van der Waals surface area contributed by atoms with Crippen molar-refractivity contribution in [2.24, 2.45) is 5.92 Å². The average Bonchev–Trinajstić information content (AvgIpc) is 2.92. The second-order valence-corrected chi connectivity index (χ2v) is 10.5. The number of amides is 2. The number of hydrogen-bond donors (Lipinski definition) is 0. The van der Waals surface area contributed by atoms with Gasteiger partial charge < -0.3 is 19.4 Å². The molecule has 7 nitrogen and oxygen atoms in total. The first-order valence-corrected chi connectivity index (χ1v) is 13.7. The molecule has 37 heavy (non-hydrogen) atoms. The van der Waals surface area contributed by atoms with Gasteiger partial charge in [0.15, 0.2) is 0 Å². The molecule has 0 unspecified atom stereocenters. The van der Waals surface area contributed by atoms with Crippen molar-refractivity contribution in [1.82, 2.24) is 14.7 Å². The van der Waals surface area contributed by atoms with Gasteiger partial charge in [-0.3, -0.25) is 14.5 Å². The molecule has 0 aliphatic carbocycles. The second-order valence-electron chi connectivity index (χ2n) is 10.1. The summed E-state index contributed by atoms with van der Waals surface area (Å²) >= 11 is 6.27. The first-order valence-electron chi connectivity index (χ1n) is 13.3. The van der Waals surface area contributed by atoms with Gasteiger partial charge in [-0.1, -0.05) is 29.8 Å². The van der Waals surface area contributed by atoms with Crippen LogP contribution in [-0.4, -0.2) is 86.0 Å². The monoisotopic (exact) mass is 526 g/mol. The molecule has 2 fully saturated rings. The van der Waals surface area contributed by atoms with Crippen molar-refractivity contribution >= 4 is 29.1 Å². The van der Waals surface area contributed by atoms with E-state index in [-0.39, 0.29) is 17.7 Å². The maximum absolute atomic E-state index is 13.6. The van der Waals surface area contributed by atoms with E-state index in [1.165, 1.54) is 5.56 Å². The minimum absolute atomic E-state index is 0.0592. The standard InChI is InChI=1S/C29H39ClN4O3/c1-23(35)33-15-11-25(12-16-33)29(36)34(27-6-3-5-26(30)21-27)14-4-13-31-17-19-32(20-18-31)22-24-7-9-28(37-2)10-8-24/h3,5-10,21,25H,4,11-20,22H2,1-2H3. The molecule has 0 N–H and O–H groups in total. The third-order valence-electron chi connectivity index (χ3n) is 7.56. The third kappa shape index (κ3) is 7.69. The molecule has 8 heteroatoms. The van der Waals surface area contributed by atoms with E-state index in [0.717, 1.165) is 57.1 Å². The molecule has 0 saturated carbocycles. The largest absolute Gasteiger partial charge is 0.497 e. The number of hydrogen-bond acceptors (Lipinski definition) is 5. The Kier molecular flexibility index (Phi) is 9.83. The van der Waals surface area contributed by atoms with E-state index in [0.29, 0.717) is 37.5 Å². The number of nitrogens with zero attached hydrogens (tertiary/aromatic N) is 4. The van der Waals surface area contributed by atoms with Crippen LogP contribution in [0.25, 0.3) is 0 Å². The van der Waals surface area contributed by atoms with Gasteiger partial charge in [0.1, 0.15) is 5.75 Å². The van der Waals surface area contributed by atoms with Crippen molar-refractivity contribution in [3.05, 3.63) is 59.1 Å². The molecule has 0 radical (unpaired) electrons. The molecule has 200 valence electrons. The molecule has 2 aliphatic rings. The fraction of sp³-hybridized carbons (Fsp3) is 0.517. The number of halogens is 1. The van der Waals surface area contributed by atoms with Crippen LogP contribution in [0.2, 0.25) is 5.02 Å². The highest BCUT2D eigenvalue weighted by Crippen LogP contribution is 2.26. The van der Waals surface area contributed by atoms with Crippen molar-refractivity contribution < 1.29 is 14.3 Å². The van der Waals surface area contributed by atoms with Gasteiger partial charge in [-0.25, -0.2) is 0 Å². The lowest BCUT2D eigenvalue weighted by Crippen LogP contribution is -2.47. The van der Waals surface area contributed by atoms with Gasteiger partial charge in [0, 0.05) is 75.9 Å². The predicted molar refractivity (Wildman–Crippen MR) is 148 cm³/mol. The van der Waals surface area contributed by atoms with Crippen LogP contribution < -0.4 is 9.64 Å². The molecule has 2 aromatic carbocycles. The minimum Gasteiger partial charge on any atom is -0.497 e. The summed E-state index contributed by atoms with van der Waals surface area (Å²) in [5.74, 6) is 1.06. The molecule has 4 rings (SSSR count). The number of piperidine rings is 1. The van der Waals surface area contributed by atoms with Crippen molar-refractivity contribution in [1.29, 1.82) is 0 Å². The number of ether oxygens (including phenoxy) is 1. The Bertz CT molecular complexity index is 1030. The molecular formula is C29H39ClN4O3. The van der Waals surface area contributed by atoms with Crippen LogP contribution in [0.4, 0.5) is 5.69 Å². The first-order chi connectivity index (χ1) is 17.9. The van der Waals surface area contributed by atoms with E-state index < -0.39 is 0 Å². The highest BCUT2D eigenvalue weighted by Gasteiger charge is 2.30. The fourth-order valence-corrected chi connectivity index (χ4v) is 5.47. The van der Waals surface area contributed by atoms with Crippen LogP contribution in [0, 0.1) is 5.92 Å². The Labute approximate surface area is 225 Å². The van der Waals surface area contributed by atoms with E-state index >= 15 is 0 Å². The number of anilines is 1. The average molecular weight is 527 g/mol. The molecule has 0 aromatic heterocycles. The summed E-state index contributed by atoms with van der Waals surface area (Å²) in [6.45, 7) is 9.62. The van der Waals surface area contributed by atoms with Crippen LogP contribution in [0.3, 0.4) is 0 Å². The van der Waals surface area contributed by atoms with E-state index in [9.17, 15) is 9.59 Å². The number of carbonyl (C=O) groups is 2. The molecule has 2 aliphatic heterocycles. The number of likely N-dealkylation sites (tertiary alicyclic amines) is 1. The predicted octanol–water partition coefficient (Wildman–Crippen LogP) is 4.15. The molecule has 0 atom stereocenters. The second kappa shape index (κ2) is 13.3. The van der Waals surface area contributed by atoms with Crippen LogP contribution in [0.15, 0.2) is 48.5 Å². The SMILES string of the molecule is COc1ccc(CN2CCN(CCCN(C(=O)C3CCN(C(C)=O)CC3)c3cccc(Cl)c3)CC2)cc1. The Morgan fingerprint density at radius 3 is 2.27 bits per heavy atom. The molecule has 0 bridgehead atoms. The summed E-state index contributed by atoms with van der Waals surface area (Å²) in [5.41, 5.74) is 2.16. The van der Waals surface area contributed by atoms with E-state index in [1.807, 2.05) is 46.2 Å². The first kappa shape index (κ1) is 27.4. The Hall–Kier alpha value is -2.61. The normalized spacial score (nSPS) is 17.5. The van der Waals surface area contributed by atoms with Crippen molar-refractivity contribution in [3.8, 4) is 5.75 Å². The van der Waals surface area contributed by atoms with Gasteiger partial charge in [0.05, 0.1) is 7.11 Å². The zero-order valence-corrected chi connectivity index (χ0v) is 22.8. The third-order valence-corrected chi connectivity index (χ3v) is 7.80. The minimum atomic E-state index is -0.0592. The summed E-state index contributed by atoms with van der Waals surface area (Å²) in [4.78, 5) is 34.0. The van der Waals surface area contributed by atoms with Crippen LogP contribution in [0.1, 0.15) is 31.7 Å². The summed E-state index contributed by atoms with van der Waals surface area (Å²) in [6, 6.07) is 15.9. The molecule has 2 heterocycles. The van der Waals surface area contributed by atoms with E-state index in [4.69, 9.17) is 16.3 Å². The summed E-state index contributed by atoms with van der Waals surface area (Å²) in [7, 11) is 1.69. The zero-order valence-electron chi connectivity index (χ0n) is 22.1. The maximum Gasteiger partial charge on any atom is 0.230 e. The molecule has 0 spiro atoms. The number of piperazine rings is 1. The van der Waals surface area contributed by atoms with Gasteiger partial charge in [0.2, 0.25) is 11.8 Å². The van der Waals surface area contributed by atoms with Gasteiger partial charge in [0.25, 0.3) is 0 Å². The Morgan fingerprint density at radius 2 is 1.65 bits per heavy atom. The van der Waals surface area contributed by atoms with Gasteiger partial charge in [-0.15, -0.1) is 0 Å². The van der Waals surface area contributed by atoms with Gasteiger partial charge >= 0.3 is 0 Å². The number of benzene rings is 2. The smallest absolute Gasteiger partial charge is 0.230 e. The van der Waals surface area contributed by atoms with Gasteiger partial charge in [-0.2, -0.15) is 0 Å². The van der Waals surface area contributed by atoms with Crippen LogP contribution in [0.5, 0.6) is 5.75 Å². The zero-order chi connectivity index (χ0) is 26.2. The lowest BCUT2D eigenvalue weighted by Gasteiger charge is -2.36. The molecule has 2 amide bonds. The summed E-state index contributed by atoms with van der Waals surface area (Å²) in [6.07, 6.45) is 2.33. The summed E-state index contributed by atoms with van der Waals surface area (Å²) < 4.78 is 5.26. The van der Waals surface area contributed by atoms with Crippen molar-refractivity contribution in [3.63, 3.8) is 0 Å². The number of carbonyl (C=O) groups excluding carboxylic acids is 2. The Morgan fingerprint density at radius 1 is 0.973 bits per heavy atom. The maximum atomic E-state index is 13.6. The molecular weight excluding hydrogens is 488 g/mol. The van der Waals surface area contributed by atoms with Crippen LogP contribution >= 0.6 is 11.6 Å². The van der Waals surface area contributed by atoms with E-state index in [2.05, 4.69) is 21.9 Å². The van der Waals surface area contributed by atoms with Crippen LogP contribution in [-0.2, 0) is 16.1 Å². The topological polar surface area (TPSA) is 56.3 Å². The molecule has 2 aromatic rings. The van der Waals surface area contributed by atoms with Gasteiger partial charge in [-0.05, 0) is 61.7 Å². The van der Waals surface area contributed by atoms with Crippen molar-refractivity contribution in [2.75, 3.05) is 64.4 Å². The molecule has 2 saturated heterocycles. The van der Waals surface area contributed by atoms with Crippen molar-refractivity contribution in [2.45, 2.75) is 32.7 Å².